The fraction of sp³-hybridized carbons (Fsp3) is 0.444. The average Bonchev–Trinajstić information content (AvgIpc) is 2.01. The minimum atomic E-state index is -0.697. The first-order valence-corrected chi connectivity index (χ1v) is 4.19. The monoisotopic (exact) mass is 196 g/mol. The molecule has 0 unspecified atom stereocenters. The number of hydrogen-bond donors (Lipinski definition) is 1. The van der Waals surface area contributed by atoms with E-state index < -0.39 is 16.7 Å². The van der Waals surface area contributed by atoms with Crippen LogP contribution in [0.3, 0.4) is 0 Å². The highest BCUT2D eigenvalue weighted by Gasteiger charge is 2.23. The van der Waals surface area contributed by atoms with Crippen molar-refractivity contribution in [2.75, 3.05) is 0 Å². The van der Waals surface area contributed by atoms with E-state index in [1.807, 2.05) is 4.98 Å². The van der Waals surface area contributed by atoms with Crippen molar-refractivity contribution in [3.8, 4) is 0 Å². The minimum absolute atomic E-state index is 0.348. The Hall–Kier alpha value is -1.65. The molecule has 0 saturated heterocycles. The lowest BCUT2D eigenvalue weighted by molar-refractivity contribution is 0.0759. The summed E-state index contributed by atoms with van der Waals surface area (Å²) >= 11 is 0. The van der Waals surface area contributed by atoms with Crippen LogP contribution in [-0.4, -0.2) is 15.5 Å². The van der Waals surface area contributed by atoms with E-state index in [4.69, 9.17) is 0 Å². The number of carbonyl (C=O) groups excluding carboxylic acids is 1. The summed E-state index contributed by atoms with van der Waals surface area (Å²) in [4.78, 5) is 35.6. The summed E-state index contributed by atoms with van der Waals surface area (Å²) in [5.41, 5.74) is -1.85. The lowest BCUT2D eigenvalue weighted by Gasteiger charge is -2.16. The Kier molecular flexibility index (Phi) is 2.42. The van der Waals surface area contributed by atoms with Crippen LogP contribution in [-0.2, 0) is 0 Å². The molecule has 0 aliphatic rings. The molecule has 14 heavy (non-hydrogen) atoms. The van der Waals surface area contributed by atoms with E-state index in [1.165, 1.54) is 6.20 Å². The van der Waals surface area contributed by atoms with Crippen LogP contribution in [0.2, 0.25) is 0 Å². The molecule has 76 valence electrons. The molecule has 1 heterocycles. The molecule has 1 aromatic heterocycles. The molecule has 1 N–H and O–H groups in total. The van der Waals surface area contributed by atoms with Crippen LogP contribution in [0.15, 0.2) is 21.9 Å². The highest BCUT2D eigenvalue weighted by atomic mass is 16.2. The van der Waals surface area contributed by atoms with Gasteiger partial charge in [-0.2, -0.15) is 0 Å². The number of nitrogens with one attached hydrogen (secondary N) is 1. The summed E-state index contributed by atoms with van der Waals surface area (Å²) in [6.07, 6.45) is 1.19. The van der Waals surface area contributed by atoms with Crippen molar-refractivity contribution < 1.29 is 4.79 Å². The SMILES string of the molecule is CC(C)(C)C(=O)n1ccc(=O)[nH]c1=O. The second kappa shape index (κ2) is 3.25. The highest BCUT2D eigenvalue weighted by Crippen LogP contribution is 2.14. The van der Waals surface area contributed by atoms with Gasteiger partial charge in [-0.25, -0.2) is 9.36 Å². The number of carbonyl (C=O) groups is 1. The molecule has 0 aliphatic carbocycles. The molecule has 0 fully saturated rings. The number of aromatic nitrogens is 2. The molecule has 5 heteroatoms. The molecular weight excluding hydrogens is 184 g/mol. The third kappa shape index (κ3) is 1.99. The van der Waals surface area contributed by atoms with Crippen molar-refractivity contribution in [3.05, 3.63) is 33.1 Å². The van der Waals surface area contributed by atoms with E-state index >= 15 is 0 Å². The van der Waals surface area contributed by atoms with Gasteiger partial charge in [0.25, 0.3) is 5.56 Å². The molecular formula is C9H12N2O3. The van der Waals surface area contributed by atoms with E-state index in [0.29, 0.717) is 0 Å². The zero-order valence-corrected chi connectivity index (χ0v) is 8.33. The average molecular weight is 196 g/mol. The first kappa shape index (κ1) is 10.4. The topological polar surface area (TPSA) is 71.9 Å². The summed E-state index contributed by atoms with van der Waals surface area (Å²) in [6, 6.07) is 1.14. The van der Waals surface area contributed by atoms with Gasteiger partial charge in [-0.1, -0.05) is 20.8 Å². The van der Waals surface area contributed by atoms with Crippen molar-refractivity contribution >= 4 is 5.91 Å². The number of hydrogen-bond acceptors (Lipinski definition) is 3. The number of H-pyrrole nitrogens is 1. The standard InChI is InChI=1S/C9H12N2O3/c1-9(2,3)7(13)11-5-4-6(12)10-8(11)14/h4-5H,1-3H3,(H,10,12,14). The van der Waals surface area contributed by atoms with Crippen LogP contribution in [0.4, 0.5) is 0 Å². The molecule has 0 amide bonds. The Morgan fingerprint density at radius 2 is 1.93 bits per heavy atom. The van der Waals surface area contributed by atoms with Crippen LogP contribution in [0.5, 0.6) is 0 Å². The molecule has 0 spiro atoms. The van der Waals surface area contributed by atoms with Crippen molar-refractivity contribution in [3.63, 3.8) is 0 Å². The van der Waals surface area contributed by atoms with Gasteiger partial charge in [-0.05, 0) is 0 Å². The van der Waals surface area contributed by atoms with Crippen molar-refractivity contribution in [2.24, 2.45) is 5.41 Å². The summed E-state index contributed by atoms with van der Waals surface area (Å²) in [6.45, 7) is 5.10. The number of aromatic amines is 1. The zero-order chi connectivity index (χ0) is 10.9. The molecule has 0 atom stereocenters. The molecule has 5 nitrogen and oxygen atoms in total. The highest BCUT2D eigenvalue weighted by molar-refractivity contribution is 5.83. The van der Waals surface area contributed by atoms with Gasteiger partial charge in [0.1, 0.15) is 0 Å². The molecule has 1 aromatic rings. The summed E-state index contributed by atoms with van der Waals surface area (Å²) in [7, 11) is 0. The van der Waals surface area contributed by atoms with Crippen molar-refractivity contribution in [1.29, 1.82) is 0 Å². The van der Waals surface area contributed by atoms with Gasteiger partial charge in [0.15, 0.2) is 0 Å². The van der Waals surface area contributed by atoms with Gasteiger partial charge in [-0.15, -0.1) is 0 Å². The Morgan fingerprint density at radius 1 is 1.36 bits per heavy atom. The van der Waals surface area contributed by atoms with Crippen LogP contribution < -0.4 is 11.2 Å². The summed E-state index contributed by atoms with van der Waals surface area (Å²) in [5.74, 6) is -0.348. The van der Waals surface area contributed by atoms with Crippen LogP contribution in [0, 0.1) is 5.41 Å². The largest absolute Gasteiger partial charge is 0.335 e. The Labute approximate surface area is 80.4 Å². The van der Waals surface area contributed by atoms with Gasteiger partial charge in [0, 0.05) is 17.7 Å². The van der Waals surface area contributed by atoms with Gasteiger partial charge in [0.05, 0.1) is 0 Å². The maximum absolute atomic E-state index is 11.6. The first-order valence-electron chi connectivity index (χ1n) is 4.19. The molecule has 1 rings (SSSR count). The lowest BCUT2D eigenvalue weighted by Crippen LogP contribution is -2.38. The smallest absolute Gasteiger partial charge is 0.274 e. The molecule has 0 bridgehead atoms. The van der Waals surface area contributed by atoms with E-state index in [-0.39, 0.29) is 5.91 Å². The Bertz CT molecular complexity index is 462. The van der Waals surface area contributed by atoms with Gasteiger partial charge in [-0.3, -0.25) is 14.6 Å². The maximum atomic E-state index is 11.6. The predicted molar refractivity (Wildman–Crippen MR) is 51.4 cm³/mol. The Morgan fingerprint density at radius 3 is 2.36 bits per heavy atom. The molecule has 0 radical (unpaired) electrons. The van der Waals surface area contributed by atoms with Gasteiger partial charge >= 0.3 is 5.69 Å². The molecule has 0 saturated carbocycles. The van der Waals surface area contributed by atoms with Crippen molar-refractivity contribution in [2.45, 2.75) is 20.8 Å². The first-order chi connectivity index (χ1) is 6.32. The predicted octanol–water partition coefficient (Wildman–Crippen LogP) is 0.223. The third-order valence-corrected chi connectivity index (χ3v) is 1.68. The quantitative estimate of drug-likeness (QED) is 0.645. The van der Waals surface area contributed by atoms with E-state index in [0.717, 1.165) is 10.6 Å². The van der Waals surface area contributed by atoms with Gasteiger partial charge in [0.2, 0.25) is 5.91 Å². The molecule has 0 aromatic carbocycles. The maximum Gasteiger partial charge on any atom is 0.335 e. The fourth-order valence-corrected chi connectivity index (χ4v) is 0.938. The van der Waals surface area contributed by atoms with Crippen LogP contribution in [0.1, 0.15) is 25.6 Å². The fourth-order valence-electron chi connectivity index (χ4n) is 0.938. The van der Waals surface area contributed by atoms with E-state index in [1.54, 1.807) is 20.8 Å². The van der Waals surface area contributed by atoms with Crippen LogP contribution in [0.25, 0.3) is 0 Å². The number of nitrogens with zero attached hydrogens (tertiary/aromatic N) is 1. The second-order valence-corrected chi connectivity index (χ2v) is 4.04. The summed E-state index contributed by atoms with van der Waals surface area (Å²) < 4.78 is 0.904. The van der Waals surface area contributed by atoms with E-state index in [9.17, 15) is 14.4 Å². The van der Waals surface area contributed by atoms with E-state index in [2.05, 4.69) is 0 Å². The summed E-state index contributed by atoms with van der Waals surface area (Å²) in [5, 5.41) is 0. The van der Waals surface area contributed by atoms with Gasteiger partial charge < -0.3 is 0 Å². The third-order valence-electron chi connectivity index (χ3n) is 1.68. The van der Waals surface area contributed by atoms with Crippen molar-refractivity contribution in [1.82, 2.24) is 9.55 Å². The normalized spacial score (nSPS) is 11.4. The minimum Gasteiger partial charge on any atom is -0.274 e. The second-order valence-electron chi connectivity index (χ2n) is 4.04. The molecule has 0 aliphatic heterocycles. The number of rotatable bonds is 0. The van der Waals surface area contributed by atoms with Crippen LogP contribution >= 0.6 is 0 Å². The Balaban J connectivity index is 3.29. The zero-order valence-electron chi connectivity index (χ0n) is 8.33. The lowest BCUT2D eigenvalue weighted by atomic mass is 9.96.